The zero-order chi connectivity index (χ0) is 52.0. The number of benzene rings is 2. The Morgan fingerprint density at radius 3 is 2.00 bits per heavy atom. The molecule has 22 nitrogen and oxygen atoms in total. The normalized spacial score (nSPS) is 22.4. The molecule has 2 aromatic carbocycles. The molecule has 71 heavy (non-hydrogen) atoms. The number of primary amides is 2. The second-order valence-electron chi connectivity index (χ2n) is 17.8. The summed E-state index contributed by atoms with van der Waals surface area (Å²) in [5.74, 6) is -7.77. The summed E-state index contributed by atoms with van der Waals surface area (Å²) in [5.41, 5.74) is 17.7. The van der Waals surface area contributed by atoms with Gasteiger partial charge in [0.2, 0.25) is 59.1 Å². The van der Waals surface area contributed by atoms with E-state index in [1.165, 1.54) is 27.8 Å². The van der Waals surface area contributed by atoms with Crippen LogP contribution in [0.1, 0.15) is 76.3 Å². The topological polar surface area (TPSA) is 356 Å². The third kappa shape index (κ3) is 19.4. The quantitative estimate of drug-likeness (QED) is 0.0599. The van der Waals surface area contributed by atoms with E-state index >= 15 is 0 Å². The van der Waals surface area contributed by atoms with Crippen LogP contribution in [0.2, 0.25) is 0 Å². The first-order valence-electron chi connectivity index (χ1n) is 23.6. The molecule has 2 aromatic rings. The summed E-state index contributed by atoms with van der Waals surface area (Å²) in [6, 6.07) is 5.88. The van der Waals surface area contributed by atoms with Gasteiger partial charge in [0.15, 0.2) is 0 Å². The number of phenolic OH excluding ortho intramolecular Hbond substituents is 1. The van der Waals surface area contributed by atoms with Gasteiger partial charge in [-0.2, -0.15) is 0 Å². The Hall–Kier alpha value is -6.40. The van der Waals surface area contributed by atoms with Gasteiger partial charge in [0, 0.05) is 37.3 Å². The third-order valence-corrected chi connectivity index (χ3v) is 13.9. The van der Waals surface area contributed by atoms with Gasteiger partial charge in [0.1, 0.15) is 48.0 Å². The molecule has 0 radical (unpaired) electrons. The molecule has 0 aromatic heterocycles. The van der Waals surface area contributed by atoms with E-state index in [1.807, 2.05) is 0 Å². The highest BCUT2D eigenvalue weighted by atomic mass is 33.1. The zero-order valence-corrected chi connectivity index (χ0v) is 41.6. The lowest BCUT2D eigenvalue weighted by Gasteiger charge is -2.31. The molecule has 0 saturated carbocycles. The summed E-state index contributed by atoms with van der Waals surface area (Å²) in [5, 5.41) is 28.4. The van der Waals surface area contributed by atoms with Crippen LogP contribution >= 0.6 is 21.6 Å². The van der Waals surface area contributed by atoms with E-state index in [4.69, 9.17) is 17.2 Å². The SMILES string of the molecule is CC(C)CC1NC(=O)C(Cc2ccccc2)NC(=O)C(Cc2ccc(O)cc2)NC(=O)CCSSCC(C(=O)N2CCCC2C(=O)NC(CCCCN)C(=O)NCC(N)=O)NC(=O)C(CC(N)=O)NC1=O. The maximum atomic E-state index is 14.5. The molecular weight excluding hydrogens is 959 g/mol. The second kappa shape index (κ2) is 29.1. The van der Waals surface area contributed by atoms with Crippen molar-refractivity contribution < 1.29 is 53.1 Å². The van der Waals surface area contributed by atoms with Crippen LogP contribution in [0.25, 0.3) is 0 Å². The lowest BCUT2D eigenvalue weighted by Crippen LogP contribution is -2.61. The first-order valence-corrected chi connectivity index (χ1v) is 26.1. The molecule has 2 aliphatic heterocycles. The van der Waals surface area contributed by atoms with Crippen LogP contribution in [0.3, 0.4) is 0 Å². The predicted molar refractivity (Wildman–Crippen MR) is 266 cm³/mol. The van der Waals surface area contributed by atoms with E-state index in [0.717, 1.165) is 10.8 Å². The van der Waals surface area contributed by atoms with Crippen molar-refractivity contribution in [3.63, 3.8) is 0 Å². The Balaban J connectivity index is 1.67. The Bertz CT molecular complexity index is 2190. The van der Waals surface area contributed by atoms with Crippen molar-refractivity contribution >= 4 is 80.7 Å². The molecule has 0 bridgehead atoms. The predicted octanol–water partition coefficient (Wildman–Crippen LogP) is -1.49. The number of carbonyl (C=O) groups is 10. The number of phenols is 1. The Morgan fingerprint density at radius 2 is 1.37 bits per heavy atom. The Morgan fingerprint density at radius 1 is 0.761 bits per heavy atom. The van der Waals surface area contributed by atoms with Gasteiger partial charge in [0.05, 0.1) is 13.0 Å². The van der Waals surface area contributed by atoms with Crippen LogP contribution in [0, 0.1) is 5.92 Å². The van der Waals surface area contributed by atoms with Crippen LogP contribution in [0.4, 0.5) is 0 Å². The van der Waals surface area contributed by atoms with E-state index in [-0.39, 0.29) is 68.2 Å². The standard InChI is InChI=1S/C47H67N11O11S2/c1-27(2)21-32-42(64)56-35(24-38(49)60)45(67)57-36(47(69)58-19-8-12-37(58)46(68)53-31(11-6-7-18-48)41(63)51-25-39(50)61)26-71-70-20-17-40(62)52-33(23-29-13-15-30(59)16-14-29)43(65)55-34(44(66)54-32)22-28-9-4-3-5-10-28/h3-5,9-10,13-16,27,31-37,59H,6-8,11-12,17-26,48H2,1-2H3,(H2,49,60)(H2,50,61)(H,51,63)(H,52,62)(H,53,68)(H,54,66)(H,55,65)(H,56,64)(H,57,67). The minimum Gasteiger partial charge on any atom is -0.508 e. The molecule has 388 valence electrons. The van der Waals surface area contributed by atoms with Crippen molar-refractivity contribution in [3.05, 3.63) is 65.7 Å². The number of nitrogens with zero attached hydrogens (tertiary/aromatic N) is 1. The van der Waals surface area contributed by atoms with Gasteiger partial charge >= 0.3 is 0 Å². The van der Waals surface area contributed by atoms with Crippen LogP contribution in [0.15, 0.2) is 54.6 Å². The molecule has 24 heteroatoms. The zero-order valence-electron chi connectivity index (χ0n) is 39.9. The van der Waals surface area contributed by atoms with Gasteiger partial charge in [0.25, 0.3) is 0 Å². The molecule has 0 aliphatic carbocycles. The minimum atomic E-state index is -1.64. The Labute approximate surface area is 420 Å². The number of aromatic hydroxyl groups is 1. The molecule has 2 heterocycles. The monoisotopic (exact) mass is 1030 g/mol. The number of hydrogen-bond donors (Lipinski definition) is 11. The summed E-state index contributed by atoms with van der Waals surface area (Å²) in [4.78, 5) is 137. The highest BCUT2D eigenvalue weighted by Gasteiger charge is 2.40. The summed E-state index contributed by atoms with van der Waals surface area (Å²) in [6.07, 6.45) is 0.962. The number of rotatable bonds is 18. The van der Waals surface area contributed by atoms with Crippen molar-refractivity contribution in [1.82, 2.24) is 42.1 Å². The molecule has 0 spiro atoms. The molecule has 2 saturated heterocycles. The van der Waals surface area contributed by atoms with E-state index in [2.05, 4.69) is 37.2 Å². The summed E-state index contributed by atoms with van der Waals surface area (Å²) >= 11 is 0. The fourth-order valence-electron chi connectivity index (χ4n) is 7.92. The van der Waals surface area contributed by atoms with Gasteiger partial charge in [-0.25, -0.2) is 0 Å². The average Bonchev–Trinajstić information content (AvgIpc) is 3.82. The largest absolute Gasteiger partial charge is 0.508 e. The number of amides is 10. The number of carbonyl (C=O) groups excluding carboxylic acids is 10. The summed E-state index contributed by atoms with van der Waals surface area (Å²) in [6.45, 7) is 3.55. The van der Waals surface area contributed by atoms with Crippen LogP contribution < -0.4 is 54.4 Å². The van der Waals surface area contributed by atoms with Crippen LogP contribution in [-0.4, -0.2) is 143 Å². The average molecular weight is 1030 g/mol. The lowest BCUT2D eigenvalue weighted by molar-refractivity contribution is -0.142. The summed E-state index contributed by atoms with van der Waals surface area (Å²) < 4.78 is 0. The maximum Gasteiger partial charge on any atom is 0.246 e. The van der Waals surface area contributed by atoms with Crippen molar-refractivity contribution in [3.8, 4) is 5.75 Å². The van der Waals surface area contributed by atoms with Crippen LogP contribution in [-0.2, 0) is 60.8 Å². The fourth-order valence-corrected chi connectivity index (χ4v) is 10.1. The first kappa shape index (κ1) is 57.2. The maximum absolute atomic E-state index is 14.5. The summed E-state index contributed by atoms with van der Waals surface area (Å²) in [7, 11) is 2.29. The Kier molecular flexibility index (Phi) is 23.4. The molecule has 7 unspecified atom stereocenters. The van der Waals surface area contributed by atoms with E-state index < -0.39 is 114 Å². The van der Waals surface area contributed by atoms with Gasteiger partial charge in [-0.3, -0.25) is 47.9 Å². The molecule has 10 amide bonds. The first-order chi connectivity index (χ1) is 33.8. The highest BCUT2D eigenvalue weighted by molar-refractivity contribution is 8.76. The number of unbranched alkanes of at least 4 members (excludes halogenated alkanes) is 1. The van der Waals surface area contributed by atoms with Crippen molar-refractivity contribution in [1.29, 1.82) is 0 Å². The van der Waals surface area contributed by atoms with Crippen molar-refractivity contribution in [2.75, 3.05) is 31.1 Å². The van der Waals surface area contributed by atoms with Gasteiger partial charge in [-0.05, 0) is 74.2 Å². The molecular formula is C47H67N11O11S2. The number of nitrogens with one attached hydrogen (secondary N) is 7. The van der Waals surface area contributed by atoms with E-state index in [9.17, 15) is 53.1 Å². The molecule has 2 fully saturated rings. The highest BCUT2D eigenvalue weighted by Crippen LogP contribution is 2.26. The number of hydrogen-bond acceptors (Lipinski definition) is 14. The van der Waals surface area contributed by atoms with Crippen molar-refractivity contribution in [2.45, 2.75) is 120 Å². The molecule has 2 aliphatic rings. The number of likely N-dealkylation sites (tertiary alicyclic amines) is 1. The second-order valence-corrected chi connectivity index (χ2v) is 20.4. The van der Waals surface area contributed by atoms with Crippen LogP contribution in [0.5, 0.6) is 5.75 Å². The molecule has 4 rings (SSSR count). The van der Waals surface area contributed by atoms with Gasteiger partial charge < -0.3 is 64.4 Å². The fraction of sp³-hybridized carbons (Fsp3) is 0.532. The van der Waals surface area contributed by atoms with Gasteiger partial charge in [-0.15, -0.1) is 0 Å². The molecule has 7 atom stereocenters. The number of nitrogens with two attached hydrogens (primary N) is 3. The van der Waals surface area contributed by atoms with E-state index in [0.29, 0.717) is 36.9 Å². The van der Waals surface area contributed by atoms with E-state index in [1.54, 1.807) is 56.3 Å². The minimum absolute atomic E-state index is 0.00810. The van der Waals surface area contributed by atoms with Gasteiger partial charge in [-0.1, -0.05) is 77.9 Å². The van der Waals surface area contributed by atoms with Crippen molar-refractivity contribution in [2.24, 2.45) is 23.1 Å². The lowest BCUT2D eigenvalue weighted by atomic mass is 9.99. The third-order valence-electron chi connectivity index (χ3n) is 11.5. The molecule has 14 N–H and O–H groups in total. The smallest absolute Gasteiger partial charge is 0.246 e.